The molecule has 0 fully saturated rings. The summed E-state index contributed by atoms with van der Waals surface area (Å²) < 4.78 is 7.10. The van der Waals surface area contributed by atoms with Crippen LogP contribution in [0.1, 0.15) is 32.4 Å². The summed E-state index contributed by atoms with van der Waals surface area (Å²) in [7, 11) is 0. The Morgan fingerprint density at radius 2 is 2.27 bits per heavy atom. The van der Waals surface area contributed by atoms with Gasteiger partial charge in [0.2, 0.25) is 11.7 Å². The Labute approximate surface area is 130 Å². The molecule has 0 aliphatic heterocycles. The summed E-state index contributed by atoms with van der Waals surface area (Å²) in [5, 5.41) is 15.9. The number of anilines is 1. The lowest BCUT2D eigenvalue weighted by Gasteiger charge is -2.13. The third kappa shape index (κ3) is 2.54. The molecule has 0 spiro atoms. The highest BCUT2D eigenvalue weighted by Crippen LogP contribution is 2.28. The molecular formula is C13H15N5O3S. The van der Waals surface area contributed by atoms with Gasteiger partial charge < -0.3 is 19.8 Å². The predicted octanol–water partition coefficient (Wildman–Crippen LogP) is 3.20. The molecule has 0 aliphatic rings. The van der Waals surface area contributed by atoms with Crippen molar-refractivity contribution >= 4 is 27.9 Å². The average Bonchev–Trinajstić information content (AvgIpc) is 3.09. The number of hydrogen-bond acceptors (Lipinski definition) is 7. The van der Waals surface area contributed by atoms with Crippen molar-refractivity contribution in [2.45, 2.75) is 32.7 Å². The Morgan fingerprint density at radius 1 is 1.50 bits per heavy atom. The minimum Gasteiger partial charge on any atom is -0.443 e. The maximum atomic E-state index is 11.2. The van der Waals surface area contributed by atoms with Gasteiger partial charge in [-0.3, -0.25) is 0 Å². The van der Waals surface area contributed by atoms with Crippen LogP contribution in [0.3, 0.4) is 0 Å². The lowest BCUT2D eigenvalue weighted by molar-refractivity contribution is -0.389. The number of rotatable bonds is 4. The molecule has 3 heterocycles. The number of hydrogen-bond donors (Lipinski definition) is 1. The van der Waals surface area contributed by atoms with Crippen molar-refractivity contribution in [1.82, 2.24) is 14.4 Å². The van der Waals surface area contributed by atoms with Crippen molar-refractivity contribution in [2.24, 2.45) is 0 Å². The summed E-state index contributed by atoms with van der Waals surface area (Å²) in [6, 6.07) is 0. The van der Waals surface area contributed by atoms with Gasteiger partial charge in [-0.15, -0.1) is 0 Å². The fourth-order valence-electron chi connectivity index (χ4n) is 1.96. The monoisotopic (exact) mass is 321 g/mol. The predicted molar refractivity (Wildman–Crippen MR) is 82.3 cm³/mol. The minimum atomic E-state index is -0.453. The topological polar surface area (TPSA) is 98.5 Å². The lowest BCUT2D eigenvalue weighted by Crippen LogP contribution is -2.09. The Kier molecular flexibility index (Phi) is 3.36. The zero-order valence-electron chi connectivity index (χ0n) is 12.4. The molecule has 0 unspecified atom stereocenters. The van der Waals surface area contributed by atoms with Gasteiger partial charge >= 0.3 is 5.82 Å². The van der Waals surface area contributed by atoms with Crippen LogP contribution >= 0.6 is 11.3 Å². The molecule has 3 aromatic rings. The van der Waals surface area contributed by atoms with Gasteiger partial charge in [0, 0.05) is 10.8 Å². The first-order valence-corrected chi connectivity index (χ1v) is 7.53. The number of nitrogens with one attached hydrogen (secondary N) is 1. The van der Waals surface area contributed by atoms with E-state index in [0.717, 1.165) is 5.76 Å². The van der Waals surface area contributed by atoms with Gasteiger partial charge in [-0.25, -0.2) is 4.98 Å². The molecule has 0 radical (unpaired) electrons. The van der Waals surface area contributed by atoms with Crippen LogP contribution in [0.15, 0.2) is 22.2 Å². The van der Waals surface area contributed by atoms with E-state index in [0.29, 0.717) is 10.9 Å². The van der Waals surface area contributed by atoms with Crippen molar-refractivity contribution in [3.63, 3.8) is 0 Å². The molecule has 1 N–H and O–H groups in total. The van der Waals surface area contributed by atoms with E-state index in [1.807, 2.05) is 20.8 Å². The van der Waals surface area contributed by atoms with Gasteiger partial charge in [0.25, 0.3) is 4.96 Å². The second-order valence-electron chi connectivity index (χ2n) is 5.82. The van der Waals surface area contributed by atoms with E-state index in [9.17, 15) is 10.1 Å². The Balaban J connectivity index is 1.82. The Bertz CT molecular complexity index is 826. The van der Waals surface area contributed by atoms with Gasteiger partial charge in [-0.05, 0) is 4.92 Å². The number of nitrogens with zero attached hydrogens (tertiary/aromatic N) is 4. The molecule has 0 aliphatic carbocycles. The summed E-state index contributed by atoms with van der Waals surface area (Å²) in [5.41, 5.74) is -0.131. The van der Waals surface area contributed by atoms with E-state index in [-0.39, 0.29) is 23.6 Å². The number of thiazole rings is 1. The number of oxazole rings is 1. The Morgan fingerprint density at radius 3 is 2.91 bits per heavy atom. The van der Waals surface area contributed by atoms with Gasteiger partial charge in [0.1, 0.15) is 12.0 Å². The molecular weight excluding hydrogens is 306 g/mol. The smallest absolute Gasteiger partial charge is 0.372 e. The standard InChI is InChI=1S/C13H15N5O3S/c1-13(2,3)8-6-14-9(21-8)7-15-10-11(18(19)20)17-4-5-22-12(17)16-10/h4-6,15H,7H2,1-3H3. The average molecular weight is 321 g/mol. The van der Waals surface area contributed by atoms with Crippen molar-refractivity contribution in [3.8, 4) is 0 Å². The molecule has 0 amide bonds. The molecule has 3 aromatic heterocycles. The zero-order chi connectivity index (χ0) is 15.9. The van der Waals surface area contributed by atoms with Crippen molar-refractivity contribution in [2.75, 3.05) is 5.32 Å². The maximum absolute atomic E-state index is 11.2. The van der Waals surface area contributed by atoms with Gasteiger partial charge in [0.05, 0.1) is 12.7 Å². The third-order valence-corrected chi connectivity index (χ3v) is 3.87. The SMILES string of the molecule is CC(C)(C)c1cnc(CNc2nc3sccn3c2[N+](=O)[O-])o1. The quantitative estimate of drug-likeness (QED) is 0.585. The zero-order valence-corrected chi connectivity index (χ0v) is 13.2. The van der Waals surface area contributed by atoms with E-state index in [2.05, 4.69) is 15.3 Å². The first kappa shape index (κ1) is 14.5. The van der Waals surface area contributed by atoms with Crippen molar-refractivity contribution in [3.05, 3.63) is 39.5 Å². The molecule has 0 atom stereocenters. The van der Waals surface area contributed by atoms with Crippen LogP contribution in [0.25, 0.3) is 4.96 Å². The van der Waals surface area contributed by atoms with Crippen LogP contribution in [0, 0.1) is 10.1 Å². The van der Waals surface area contributed by atoms with Crippen LogP contribution in [0.5, 0.6) is 0 Å². The number of imidazole rings is 1. The molecule has 0 aromatic carbocycles. The lowest BCUT2D eigenvalue weighted by atomic mass is 9.94. The summed E-state index contributed by atoms with van der Waals surface area (Å²) >= 11 is 1.34. The highest BCUT2D eigenvalue weighted by molar-refractivity contribution is 7.15. The number of aromatic nitrogens is 3. The van der Waals surface area contributed by atoms with E-state index >= 15 is 0 Å². The molecule has 8 nitrogen and oxygen atoms in total. The molecule has 116 valence electrons. The fraction of sp³-hybridized carbons (Fsp3) is 0.385. The number of fused-ring (bicyclic) bond motifs is 1. The van der Waals surface area contributed by atoms with Gasteiger partial charge in [0.15, 0.2) is 0 Å². The largest absolute Gasteiger partial charge is 0.443 e. The second kappa shape index (κ2) is 5.09. The molecule has 9 heteroatoms. The summed E-state index contributed by atoms with van der Waals surface area (Å²) in [4.78, 5) is 19.7. The van der Waals surface area contributed by atoms with Crippen LogP contribution in [0.2, 0.25) is 0 Å². The Hall–Kier alpha value is -2.42. The van der Waals surface area contributed by atoms with E-state index in [1.54, 1.807) is 17.8 Å². The minimum absolute atomic E-state index is 0.0844. The van der Waals surface area contributed by atoms with Gasteiger partial charge in [-0.1, -0.05) is 32.1 Å². The normalized spacial score (nSPS) is 12.0. The van der Waals surface area contributed by atoms with Crippen LogP contribution < -0.4 is 5.32 Å². The summed E-state index contributed by atoms with van der Waals surface area (Å²) in [5.74, 6) is 1.37. The molecule has 22 heavy (non-hydrogen) atoms. The highest BCUT2D eigenvalue weighted by atomic mass is 32.1. The van der Waals surface area contributed by atoms with Crippen molar-refractivity contribution < 1.29 is 9.34 Å². The molecule has 0 saturated heterocycles. The summed E-state index contributed by atoms with van der Waals surface area (Å²) in [6.07, 6.45) is 3.30. The van der Waals surface area contributed by atoms with Crippen LogP contribution in [-0.2, 0) is 12.0 Å². The first-order valence-electron chi connectivity index (χ1n) is 6.65. The third-order valence-electron chi connectivity index (χ3n) is 3.11. The summed E-state index contributed by atoms with van der Waals surface area (Å²) in [6.45, 7) is 6.32. The fourth-order valence-corrected chi connectivity index (χ4v) is 2.67. The van der Waals surface area contributed by atoms with Gasteiger partial charge in [-0.2, -0.15) is 9.38 Å². The first-order chi connectivity index (χ1) is 10.4. The van der Waals surface area contributed by atoms with E-state index in [4.69, 9.17) is 4.42 Å². The van der Waals surface area contributed by atoms with Crippen molar-refractivity contribution in [1.29, 1.82) is 0 Å². The maximum Gasteiger partial charge on any atom is 0.372 e. The molecule has 3 rings (SSSR count). The van der Waals surface area contributed by atoms with Crippen LogP contribution in [0.4, 0.5) is 11.6 Å². The second-order valence-corrected chi connectivity index (χ2v) is 6.69. The van der Waals surface area contributed by atoms with Crippen LogP contribution in [-0.4, -0.2) is 19.3 Å². The molecule has 0 bridgehead atoms. The highest BCUT2D eigenvalue weighted by Gasteiger charge is 2.24. The van der Waals surface area contributed by atoms with E-state index in [1.165, 1.54) is 15.7 Å². The van der Waals surface area contributed by atoms with E-state index < -0.39 is 4.92 Å². The number of nitro groups is 1. The molecule has 0 saturated carbocycles.